The quantitative estimate of drug-likeness (QED) is 0.262. The Labute approximate surface area is 194 Å². The fourth-order valence-corrected chi connectivity index (χ4v) is 4.80. The van der Waals surface area contributed by atoms with Crippen LogP contribution in [0.3, 0.4) is 0 Å². The topological polar surface area (TPSA) is 30.7 Å². The number of halogens is 1. The molecule has 0 saturated heterocycles. The molecule has 0 aliphatic rings. The zero-order chi connectivity index (χ0) is 21.5. The summed E-state index contributed by atoms with van der Waals surface area (Å²) in [4.78, 5) is 8.83. The van der Waals surface area contributed by atoms with Crippen LogP contribution in [0.5, 0.6) is 0 Å². The highest BCUT2D eigenvalue weighted by Crippen LogP contribution is 2.37. The fraction of sp³-hybridized carbons (Fsp3) is 0. The molecule has 2 heterocycles. The predicted molar refractivity (Wildman–Crippen MR) is 135 cm³/mol. The summed E-state index contributed by atoms with van der Waals surface area (Å²) in [6, 6.07) is 33.9. The molecule has 6 aromatic rings. The van der Waals surface area contributed by atoms with Crippen molar-refractivity contribution in [1.29, 1.82) is 0 Å². The van der Waals surface area contributed by atoms with Gasteiger partial charge in [-0.05, 0) is 53.6 Å². The Kier molecular flexibility index (Phi) is 4.58. The van der Waals surface area contributed by atoms with Crippen molar-refractivity contribution in [2.75, 3.05) is 0 Å². The van der Waals surface area contributed by atoms with Crippen LogP contribution in [0.4, 0.5) is 0 Å². The van der Waals surface area contributed by atoms with Crippen LogP contribution in [0.25, 0.3) is 50.0 Å². The summed E-state index contributed by atoms with van der Waals surface area (Å²) in [6.07, 6.45) is 3.54. The van der Waals surface area contributed by atoms with Crippen LogP contribution in [-0.4, -0.2) is 14.5 Å². The monoisotopic (exact) mass is 475 g/mol. The van der Waals surface area contributed by atoms with Gasteiger partial charge in [-0.3, -0.25) is 0 Å². The Hall–Kier alpha value is -3.76. The van der Waals surface area contributed by atoms with Gasteiger partial charge in [-0.15, -0.1) is 0 Å². The molecular weight excluding hydrogens is 458 g/mol. The Balaban J connectivity index is 1.61. The Bertz CT molecular complexity index is 1570. The molecule has 0 bridgehead atoms. The second-order valence-corrected chi connectivity index (χ2v) is 8.54. The Morgan fingerprint density at radius 3 is 2.16 bits per heavy atom. The average Bonchev–Trinajstić information content (AvgIpc) is 3.19. The third kappa shape index (κ3) is 3.12. The van der Waals surface area contributed by atoms with E-state index < -0.39 is 0 Å². The average molecular weight is 476 g/mol. The molecule has 3 nitrogen and oxygen atoms in total. The standard InChI is InChI=1S/C28H18BrN3/c29-25-14-12-20(28-30-15-6-16-31-28)17-24(25)19-11-13-23-22-9-4-5-10-26(22)32(27(23)18-19)21-7-2-1-3-8-21/h1-18H. The number of aromatic nitrogens is 3. The van der Waals surface area contributed by atoms with Gasteiger partial charge in [0.15, 0.2) is 5.82 Å². The first-order valence-electron chi connectivity index (χ1n) is 10.5. The van der Waals surface area contributed by atoms with Gasteiger partial charge < -0.3 is 4.57 Å². The van der Waals surface area contributed by atoms with E-state index in [1.807, 2.05) is 12.1 Å². The summed E-state index contributed by atoms with van der Waals surface area (Å²) >= 11 is 3.75. The highest BCUT2D eigenvalue weighted by atomic mass is 79.9. The zero-order valence-corrected chi connectivity index (χ0v) is 18.7. The maximum Gasteiger partial charge on any atom is 0.159 e. The van der Waals surface area contributed by atoms with Crippen LogP contribution in [0.2, 0.25) is 0 Å². The lowest BCUT2D eigenvalue weighted by Gasteiger charge is -2.11. The maximum absolute atomic E-state index is 4.42. The molecule has 6 rings (SSSR count). The van der Waals surface area contributed by atoms with E-state index in [1.54, 1.807) is 12.4 Å². The maximum atomic E-state index is 4.42. The van der Waals surface area contributed by atoms with E-state index in [2.05, 4.69) is 115 Å². The zero-order valence-electron chi connectivity index (χ0n) is 17.1. The summed E-state index contributed by atoms with van der Waals surface area (Å²) in [5.74, 6) is 0.723. The molecule has 4 aromatic carbocycles. The molecule has 0 amide bonds. The summed E-state index contributed by atoms with van der Waals surface area (Å²) < 4.78 is 3.38. The van der Waals surface area contributed by atoms with Crippen LogP contribution in [0.15, 0.2) is 114 Å². The third-order valence-corrected chi connectivity index (χ3v) is 6.48. The summed E-state index contributed by atoms with van der Waals surface area (Å²) in [7, 11) is 0. The second-order valence-electron chi connectivity index (χ2n) is 7.69. The number of nitrogens with zero attached hydrogens (tertiary/aromatic N) is 3. The normalized spacial score (nSPS) is 11.3. The first-order chi connectivity index (χ1) is 15.8. The van der Waals surface area contributed by atoms with Crippen LogP contribution >= 0.6 is 15.9 Å². The van der Waals surface area contributed by atoms with Crippen molar-refractivity contribution >= 4 is 37.7 Å². The smallest absolute Gasteiger partial charge is 0.159 e. The van der Waals surface area contributed by atoms with Gasteiger partial charge in [0.2, 0.25) is 0 Å². The van der Waals surface area contributed by atoms with Crippen molar-refractivity contribution in [2.45, 2.75) is 0 Å². The van der Waals surface area contributed by atoms with Crippen molar-refractivity contribution in [3.05, 3.63) is 114 Å². The van der Waals surface area contributed by atoms with Crippen molar-refractivity contribution in [3.63, 3.8) is 0 Å². The van der Waals surface area contributed by atoms with Gasteiger partial charge >= 0.3 is 0 Å². The lowest BCUT2D eigenvalue weighted by molar-refractivity contribution is 1.17. The number of benzene rings is 4. The molecule has 4 heteroatoms. The van der Waals surface area contributed by atoms with Crippen LogP contribution in [0.1, 0.15) is 0 Å². The minimum Gasteiger partial charge on any atom is -0.309 e. The van der Waals surface area contributed by atoms with E-state index in [0.29, 0.717) is 0 Å². The SMILES string of the molecule is Brc1ccc(-c2ncccn2)cc1-c1ccc2c3ccccc3n(-c3ccccc3)c2c1. The summed E-state index contributed by atoms with van der Waals surface area (Å²) in [5, 5.41) is 2.50. The highest BCUT2D eigenvalue weighted by molar-refractivity contribution is 9.10. The van der Waals surface area contributed by atoms with Gasteiger partial charge in [0.25, 0.3) is 0 Å². The molecule has 0 aliphatic heterocycles. The molecular formula is C28H18BrN3. The summed E-state index contributed by atoms with van der Waals surface area (Å²) in [6.45, 7) is 0. The predicted octanol–water partition coefficient (Wildman–Crippen LogP) is 7.67. The van der Waals surface area contributed by atoms with E-state index >= 15 is 0 Å². The molecule has 0 N–H and O–H groups in total. The van der Waals surface area contributed by atoms with Gasteiger partial charge in [0.1, 0.15) is 0 Å². The van der Waals surface area contributed by atoms with E-state index in [1.165, 1.54) is 21.8 Å². The minimum atomic E-state index is 0.723. The lowest BCUT2D eigenvalue weighted by atomic mass is 10.0. The van der Waals surface area contributed by atoms with Crippen molar-refractivity contribution in [1.82, 2.24) is 14.5 Å². The molecule has 32 heavy (non-hydrogen) atoms. The first kappa shape index (κ1) is 19.0. The van der Waals surface area contributed by atoms with Crippen molar-refractivity contribution in [3.8, 4) is 28.2 Å². The van der Waals surface area contributed by atoms with Crippen molar-refractivity contribution in [2.24, 2.45) is 0 Å². The molecule has 152 valence electrons. The Morgan fingerprint density at radius 2 is 1.31 bits per heavy atom. The van der Waals surface area contributed by atoms with Gasteiger partial charge in [-0.1, -0.05) is 70.5 Å². The van der Waals surface area contributed by atoms with Crippen LogP contribution in [-0.2, 0) is 0 Å². The minimum absolute atomic E-state index is 0.723. The lowest BCUT2D eigenvalue weighted by Crippen LogP contribution is -1.93. The van der Waals surface area contributed by atoms with Crippen LogP contribution < -0.4 is 0 Å². The molecule has 0 unspecified atom stereocenters. The van der Waals surface area contributed by atoms with Crippen LogP contribution in [0, 0.1) is 0 Å². The van der Waals surface area contributed by atoms with Crippen molar-refractivity contribution < 1.29 is 0 Å². The van der Waals surface area contributed by atoms with E-state index in [4.69, 9.17) is 0 Å². The number of rotatable bonds is 3. The van der Waals surface area contributed by atoms with E-state index in [-0.39, 0.29) is 0 Å². The molecule has 2 aromatic heterocycles. The second kappa shape index (κ2) is 7.74. The van der Waals surface area contributed by atoms with Gasteiger partial charge in [-0.2, -0.15) is 0 Å². The molecule has 0 radical (unpaired) electrons. The first-order valence-corrected chi connectivity index (χ1v) is 11.2. The van der Waals surface area contributed by atoms with Gasteiger partial charge in [-0.25, -0.2) is 9.97 Å². The molecule has 0 saturated carbocycles. The molecule has 0 atom stereocenters. The number of hydrogen-bond donors (Lipinski definition) is 0. The van der Waals surface area contributed by atoms with E-state index in [0.717, 1.165) is 32.7 Å². The molecule has 0 fully saturated rings. The highest BCUT2D eigenvalue weighted by Gasteiger charge is 2.14. The Morgan fingerprint density at radius 1 is 0.594 bits per heavy atom. The molecule has 0 spiro atoms. The number of para-hydroxylation sites is 2. The van der Waals surface area contributed by atoms with Gasteiger partial charge in [0, 0.05) is 38.9 Å². The third-order valence-electron chi connectivity index (χ3n) is 5.79. The number of hydrogen-bond acceptors (Lipinski definition) is 2. The number of fused-ring (bicyclic) bond motifs is 3. The van der Waals surface area contributed by atoms with E-state index in [9.17, 15) is 0 Å². The molecule has 0 aliphatic carbocycles. The largest absolute Gasteiger partial charge is 0.309 e. The summed E-state index contributed by atoms with van der Waals surface area (Å²) in [5.41, 5.74) is 6.79. The van der Waals surface area contributed by atoms with Gasteiger partial charge in [0.05, 0.1) is 11.0 Å². The fourth-order valence-electron chi connectivity index (χ4n) is 4.33.